The van der Waals surface area contributed by atoms with Gasteiger partial charge in [-0.2, -0.15) is 5.26 Å². The first kappa shape index (κ1) is 19.7. The van der Waals surface area contributed by atoms with Crippen LogP contribution in [0.5, 0.6) is 0 Å². The lowest BCUT2D eigenvalue weighted by molar-refractivity contribution is -0.138. The Labute approximate surface area is 142 Å². The zero-order valence-electron chi connectivity index (χ0n) is 14.1. The van der Waals surface area contributed by atoms with Gasteiger partial charge in [0.25, 0.3) is 0 Å². The monoisotopic (exact) mass is 351 g/mol. The van der Waals surface area contributed by atoms with Gasteiger partial charge in [0, 0.05) is 17.4 Å². The number of rotatable bonds is 6. The number of nitrogens with one attached hydrogen (secondary N) is 2. The Morgan fingerprint density at radius 2 is 1.88 bits per heavy atom. The molecule has 0 radical (unpaired) electrons. The Balaban J connectivity index is 2.89. The molecule has 24 heavy (non-hydrogen) atoms. The van der Waals surface area contributed by atoms with Gasteiger partial charge in [0.15, 0.2) is 5.57 Å². The molecule has 0 spiro atoms. The molecule has 0 saturated heterocycles. The highest BCUT2D eigenvalue weighted by molar-refractivity contribution is 7.89. The molecule has 7 nitrogen and oxygen atoms in total. The fourth-order valence-electron chi connectivity index (χ4n) is 1.69. The van der Waals surface area contributed by atoms with Crippen molar-refractivity contribution in [3.05, 3.63) is 36.0 Å². The number of esters is 1. The predicted octanol–water partition coefficient (Wildman–Crippen LogP) is 2.15. The van der Waals surface area contributed by atoms with E-state index in [1.807, 2.05) is 0 Å². The summed E-state index contributed by atoms with van der Waals surface area (Å²) in [4.78, 5) is 11.6. The van der Waals surface area contributed by atoms with Gasteiger partial charge in [-0.15, -0.1) is 0 Å². The second-order valence-corrected chi connectivity index (χ2v) is 7.60. The third-order valence-electron chi connectivity index (χ3n) is 2.60. The van der Waals surface area contributed by atoms with E-state index in [1.165, 1.54) is 30.5 Å². The van der Waals surface area contributed by atoms with Crippen LogP contribution in [0.25, 0.3) is 0 Å². The Morgan fingerprint density at radius 3 is 2.33 bits per heavy atom. The molecule has 0 aromatic heterocycles. The van der Waals surface area contributed by atoms with E-state index in [4.69, 9.17) is 10.00 Å². The molecule has 130 valence electrons. The van der Waals surface area contributed by atoms with Gasteiger partial charge in [-0.3, -0.25) is 0 Å². The number of benzene rings is 1. The standard InChI is InChI=1S/C16H21N3O4S/c1-5-23-15(20)12(10-17)11-18-13-6-8-14(9-7-13)24(21,22)19-16(2,3)4/h6-9,11,18-19H,5H2,1-4H3/b12-11+. The second kappa shape index (κ2) is 7.95. The maximum Gasteiger partial charge on any atom is 0.350 e. The van der Waals surface area contributed by atoms with Crippen molar-refractivity contribution in [1.29, 1.82) is 5.26 Å². The summed E-state index contributed by atoms with van der Waals surface area (Å²) in [5.41, 5.74) is -0.232. The number of nitriles is 1. The molecule has 0 fully saturated rings. The summed E-state index contributed by atoms with van der Waals surface area (Å²) < 4.78 is 31.7. The minimum Gasteiger partial charge on any atom is -0.462 e. The third kappa shape index (κ3) is 6.02. The molecular formula is C16H21N3O4S. The van der Waals surface area contributed by atoms with Crippen molar-refractivity contribution in [2.75, 3.05) is 11.9 Å². The van der Waals surface area contributed by atoms with Crippen molar-refractivity contribution in [3.63, 3.8) is 0 Å². The molecule has 0 aliphatic carbocycles. The molecule has 1 rings (SSSR count). The van der Waals surface area contributed by atoms with Crippen LogP contribution in [0.15, 0.2) is 40.9 Å². The van der Waals surface area contributed by atoms with E-state index in [0.717, 1.165) is 0 Å². The predicted molar refractivity (Wildman–Crippen MR) is 90.5 cm³/mol. The van der Waals surface area contributed by atoms with Gasteiger partial charge < -0.3 is 10.1 Å². The first-order chi connectivity index (χ1) is 11.1. The van der Waals surface area contributed by atoms with Crippen LogP contribution in [0.3, 0.4) is 0 Å². The number of carbonyl (C=O) groups is 1. The zero-order valence-corrected chi connectivity index (χ0v) is 14.9. The molecule has 0 amide bonds. The Hall–Kier alpha value is -2.37. The number of sulfonamides is 1. The minimum atomic E-state index is -3.61. The normalized spacial score (nSPS) is 12.4. The van der Waals surface area contributed by atoms with E-state index in [9.17, 15) is 13.2 Å². The van der Waals surface area contributed by atoms with Crippen LogP contribution in [0.1, 0.15) is 27.7 Å². The Morgan fingerprint density at radius 1 is 1.29 bits per heavy atom. The maximum absolute atomic E-state index is 12.2. The maximum atomic E-state index is 12.2. The summed E-state index contributed by atoms with van der Waals surface area (Å²) in [6.07, 6.45) is 1.22. The highest BCUT2D eigenvalue weighted by Crippen LogP contribution is 2.16. The Bertz CT molecular complexity index is 754. The summed E-state index contributed by atoms with van der Waals surface area (Å²) in [5.74, 6) is -0.721. The quantitative estimate of drug-likeness (QED) is 0.462. The topological polar surface area (TPSA) is 108 Å². The van der Waals surface area contributed by atoms with Crippen LogP contribution < -0.4 is 10.0 Å². The highest BCUT2D eigenvalue weighted by atomic mass is 32.2. The lowest BCUT2D eigenvalue weighted by atomic mass is 10.1. The lowest BCUT2D eigenvalue weighted by Gasteiger charge is -2.20. The second-order valence-electron chi connectivity index (χ2n) is 5.91. The van der Waals surface area contributed by atoms with Gasteiger partial charge in [0.1, 0.15) is 6.07 Å². The van der Waals surface area contributed by atoms with E-state index in [2.05, 4.69) is 10.0 Å². The van der Waals surface area contributed by atoms with E-state index < -0.39 is 21.5 Å². The molecule has 0 saturated carbocycles. The van der Waals surface area contributed by atoms with Crippen LogP contribution in [0.2, 0.25) is 0 Å². The van der Waals surface area contributed by atoms with E-state index >= 15 is 0 Å². The molecule has 0 heterocycles. The first-order valence-electron chi connectivity index (χ1n) is 7.27. The number of hydrogen-bond donors (Lipinski definition) is 2. The summed E-state index contributed by atoms with van der Waals surface area (Å²) in [7, 11) is -3.61. The lowest BCUT2D eigenvalue weighted by Crippen LogP contribution is -2.40. The van der Waals surface area contributed by atoms with Gasteiger partial charge in [0.2, 0.25) is 10.0 Å². The van der Waals surface area contributed by atoms with Gasteiger partial charge in [-0.05, 0) is 52.0 Å². The van der Waals surface area contributed by atoms with E-state index in [-0.39, 0.29) is 17.1 Å². The van der Waals surface area contributed by atoms with Crippen LogP contribution in [-0.4, -0.2) is 26.5 Å². The van der Waals surface area contributed by atoms with Crippen molar-refractivity contribution in [2.45, 2.75) is 38.1 Å². The van der Waals surface area contributed by atoms with Gasteiger partial charge in [-0.25, -0.2) is 17.9 Å². The molecule has 2 N–H and O–H groups in total. The number of hydrogen-bond acceptors (Lipinski definition) is 6. The third-order valence-corrected chi connectivity index (χ3v) is 4.38. The molecular weight excluding hydrogens is 330 g/mol. The largest absolute Gasteiger partial charge is 0.462 e. The molecule has 0 bridgehead atoms. The van der Waals surface area contributed by atoms with Crippen molar-refractivity contribution < 1.29 is 17.9 Å². The summed E-state index contributed by atoms with van der Waals surface area (Å²) in [6.45, 7) is 7.08. The molecule has 1 aromatic carbocycles. The van der Waals surface area contributed by atoms with Gasteiger partial charge in [-0.1, -0.05) is 0 Å². The van der Waals surface area contributed by atoms with Crippen LogP contribution in [0, 0.1) is 11.3 Å². The first-order valence-corrected chi connectivity index (χ1v) is 8.75. The minimum absolute atomic E-state index is 0.123. The molecule has 0 atom stereocenters. The highest BCUT2D eigenvalue weighted by Gasteiger charge is 2.21. The summed E-state index contributed by atoms with van der Waals surface area (Å²) >= 11 is 0. The summed E-state index contributed by atoms with van der Waals surface area (Å²) in [6, 6.07) is 7.67. The van der Waals surface area contributed by atoms with Crippen LogP contribution >= 0.6 is 0 Å². The zero-order chi connectivity index (χ0) is 18.4. The van der Waals surface area contributed by atoms with Gasteiger partial charge >= 0.3 is 5.97 Å². The number of ether oxygens (including phenoxy) is 1. The van der Waals surface area contributed by atoms with Crippen molar-refractivity contribution in [1.82, 2.24) is 4.72 Å². The number of carbonyl (C=O) groups excluding carboxylic acids is 1. The number of nitrogens with zero attached hydrogens (tertiary/aromatic N) is 1. The molecule has 0 unspecified atom stereocenters. The molecule has 0 aliphatic rings. The fraction of sp³-hybridized carbons (Fsp3) is 0.375. The van der Waals surface area contributed by atoms with Gasteiger partial charge in [0.05, 0.1) is 11.5 Å². The van der Waals surface area contributed by atoms with Crippen LogP contribution in [0.4, 0.5) is 5.69 Å². The SMILES string of the molecule is CCOC(=O)/C(C#N)=C/Nc1ccc(S(=O)(=O)NC(C)(C)C)cc1. The van der Waals surface area contributed by atoms with Crippen molar-refractivity contribution >= 4 is 21.7 Å². The molecule has 0 aliphatic heterocycles. The average Bonchev–Trinajstić information content (AvgIpc) is 2.46. The fourth-order valence-corrected chi connectivity index (χ4v) is 3.11. The van der Waals surface area contributed by atoms with E-state index in [1.54, 1.807) is 33.8 Å². The Kier molecular flexibility index (Phi) is 6.51. The average molecular weight is 351 g/mol. The molecule has 1 aromatic rings. The van der Waals surface area contributed by atoms with Crippen molar-refractivity contribution in [2.24, 2.45) is 0 Å². The smallest absolute Gasteiger partial charge is 0.350 e. The van der Waals surface area contributed by atoms with E-state index in [0.29, 0.717) is 5.69 Å². The molecule has 8 heteroatoms. The van der Waals surface area contributed by atoms with Crippen molar-refractivity contribution in [3.8, 4) is 6.07 Å². The summed E-state index contributed by atoms with van der Waals surface area (Å²) in [5, 5.41) is 11.7. The number of anilines is 1. The van der Waals surface area contributed by atoms with Crippen LogP contribution in [-0.2, 0) is 19.6 Å².